The molecule has 3 aromatic carbocycles. The van der Waals surface area contributed by atoms with Crippen molar-refractivity contribution < 1.29 is 9.18 Å². The third-order valence-electron chi connectivity index (χ3n) is 4.96. The van der Waals surface area contributed by atoms with Crippen molar-refractivity contribution in [1.82, 2.24) is 14.8 Å². The number of thioether (sulfide) groups is 1. The second kappa shape index (κ2) is 9.78. The molecule has 1 aromatic heterocycles. The maximum Gasteiger partial charge on any atom is 0.234 e. The zero-order valence-electron chi connectivity index (χ0n) is 17.8. The molecule has 0 radical (unpaired) electrons. The Bertz CT molecular complexity index is 1210. The van der Waals surface area contributed by atoms with Gasteiger partial charge in [-0.1, -0.05) is 68.1 Å². The molecular weight excluding hydrogens is 423 g/mol. The average molecular weight is 447 g/mol. The smallest absolute Gasteiger partial charge is 0.234 e. The minimum absolute atomic E-state index is 0.147. The second-order valence-corrected chi connectivity index (χ2v) is 8.51. The van der Waals surface area contributed by atoms with Crippen LogP contribution in [0.15, 0.2) is 84.0 Å². The molecule has 0 aliphatic rings. The van der Waals surface area contributed by atoms with Gasteiger partial charge in [-0.3, -0.25) is 9.36 Å². The summed E-state index contributed by atoms with van der Waals surface area (Å²) in [5.74, 6) is 0.442. The highest BCUT2D eigenvalue weighted by Crippen LogP contribution is 2.29. The molecule has 5 nitrogen and oxygen atoms in total. The Balaban J connectivity index is 1.55. The number of halogens is 1. The molecule has 32 heavy (non-hydrogen) atoms. The molecule has 0 spiro atoms. The number of nitrogens with zero attached hydrogens (tertiary/aromatic N) is 3. The Morgan fingerprint density at radius 2 is 1.66 bits per heavy atom. The van der Waals surface area contributed by atoms with Crippen LogP contribution in [0.2, 0.25) is 0 Å². The number of hydrogen-bond acceptors (Lipinski definition) is 4. The Hall–Kier alpha value is -3.45. The van der Waals surface area contributed by atoms with E-state index in [1.54, 1.807) is 22.8 Å². The van der Waals surface area contributed by atoms with Crippen molar-refractivity contribution in [3.8, 4) is 17.1 Å². The molecule has 7 heteroatoms. The van der Waals surface area contributed by atoms with E-state index < -0.39 is 0 Å². The van der Waals surface area contributed by atoms with Gasteiger partial charge in [0.25, 0.3) is 0 Å². The van der Waals surface area contributed by atoms with Crippen molar-refractivity contribution in [3.63, 3.8) is 0 Å². The quantitative estimate of drug-likeness (QED) is 0.358. The molecule has 1 N–H and O–H groups in total. The lowest BCUT2D eigenvalue weighted by Gasteiger charge is -2.11. The van der Waals surface area contributed by atoms with Gasteiger partial charge >= 0.3 is 0 Å². The summed E-state index contributed by atoms with van der Waals surface area (Å²) >= 11 is 1.25. The molecular formula is C25H23FN4OS. The summed E-state index contributed by atoms with van der Waals surface area (Å²) in [6.45, 7) is 4.26. The first-order valence-electron chi connectivity index (χ1n) is 10.3. The molecule has 4 aromatic rings. The largest absolute Gasteiger partial charge is 0.325 e. The van der Waals surface area contributed by atoms with Crippen LogP contribution in [0.4, 0.5) is 10.1 Å². The normalized spacial score (nSPS) is 11.0. The zero-order valence-corrected chi connectivity index (χ0v) is 18.6. The number of benzene rings is 3. The van der Waals surface area contributed by atoms with E-state index in [1.165, 1.54) is 23.4 Å². The van der Waals surface area contributed by atoms with Gasteiger partial charge in [0.15, 0.2) is 11.0 Å². The number of carbonyl (C=O) groups is 1. The molecule has 0 saturated heterocycles. The lowest BCUT2D eigenvalue weighted by molar-refractivity contribution is -0.113. The molecule has 162 valence electrons. The van der Waals surface area contributed by atoms with Crippen LogP contribution in [0.5, 0.6) is 0 Å². The van der Waals surface area contributed by atoms with Crippen LogP contribution in [0.25, 0.3) is 17.1 Å². The van der Waals surface area contributed by atoms with Crippen LogP contribution in [-0.2, 0) is 4.79 Å². The Morgan fingerprint density at radius 1 is 0.969 bits per heavy atom. The minimum Gasteiger partial charge on any atom is -0.325 e. The van der Waals surface area contributed by atoms with Gasteiger partial charge in [-0.05, 0) is 47.9 Å². The number of carbonyl (C=O) groups excluding carboxylic acids is 1. The minimum atomic E-state index is -0.379. The molecule has 0 unspecified atom stereocenters. The Kier molecular flexibility index (Phi) is 6.66. The molecule has 0 aliphatic carbocycles. The zero-order chi connectivity index (χ0) is 22.5. The van der Waals surface area contributed by atoms with E-state index in [4.69, 9.17) is 0 Å². The lowest BCUT2D eigenvalue weighted by Crippen LogP contribution is -2.14. The second-order valence-electron chi connectivity index (χ2n) is 7.57. The maximum atomic E-state index is 14.5. The van der Waals surface area contributed by atoms with Crippen molar-refractivity contribution in [1.29, 1.82) is 0 Å². The van der Waals surface area contributed by atoms with Crippen molar-refractivity contribution in [2.75, 3.05) is 11.1 Å². The summed E-state index contributed by atoms with van der Waals surface area (Å²) in [6.07, 6.45) is 0. The van der Waals surface area contributed by atoms with E-state index >= 15 is 0 Å². The first-order chi connectivity index (χ1) is 15.5. The molecule has 0 bridgehead atoms. The average Bonchev–Trinajstić information content (AvgIpc) is 3.22. The van der Waals surface area contributed by atoms with E-state index in [1.807, 2.05) is 54.6 Å². The van der Waals surface area contributed by atoms with Crippen LogP contribution in [0, 0.1) is 5.82 Å². The van der Waals surface area contributed by atoms with E-state index in [9.17, 15) is 9.18 Å². The van der Waals surface area contributed by atoms with Crippen molar-refractivity contribution >= 4 is 23.4 Å². The van der Waals surface area contributed by atoms with Gasteiger partial charge < -0.3 is 5.32 Å². The molecule has 0 aliphatic heterocycles. The van der Waals surface area contributed by atoms with Crippen LogP contribution in [-0.4, -0.2) is 26.4 Å². The summed E-state index contributed by atoms with van der Waals surface area (Å²) < 4.78 is 16.2. The summed E-state index contributed by atoms with van der Waals surface area (Å²) in [5, 5.41) is 11.9. The summed E-state index contributed by atoms with van der Waals surface area (Å²) in [5.41, 5.74) is 3.11. The van der Waals surface area contributed by atoms with Gasteiger partial charge in [-0.2, -0.15) is 0 Å². The molecule has 0 saturated carbocycles. The fourth-order valence-corrected chi connectivity index (χ4v) is 4.02. The first-order valence-corrected chi connectivity index (χ1v) is 11.3. The third kappa shape index (κ3) is 4.89. The van der Waals surface area contributed by atoms with Crippen molar-refractivity contribution in [2.45, 2.75) is 24.9 Å². The van der Waals surface area contributed by atoms with Crippen molar-refractivity contribution in [2.24, 2.45) is 0 Å². The van der Waals surface area contributed by atoms with Crippen LogP contribution < -0.4 is 5.32 Å². The number of amides is 1. The third-order valence-corrected chi connectivity index (χ3v) is 5.88. The Labute approximate surface area is 190 Å². The molecule has 0 fully saturated rings. The predicted octanol–water partition coefficient (Wildman–Crippen LogP) is 5.93. The molecule has 1 amide bonds. The number of para-hydroxylation sites is 1. The summed E-state index contributed by atoms with van der Waals surface area (Å²) in [4.78, 5) is 12.5. The van der Waals surface area contributed by atoms with Gasteiger partial charge in [0, 0.05) is 11.4 Å². The standard InChI is InChI=1S/C25H23FN4OS/c1-17(2)18-12-14-19(15-13-18)27-23(31)16-32-25-29-28-24(21-10-6-7-11-22(21)26)30(25)20-8-4-3-5-9-20/h3-15,17H,16H2,1-2H3,(H,27,31). The van der Waals surface area contributed by atoms with Gasteiger partial charge in [-0.25, -0.2) is 4.39 Å². The molecule has 4 rings (SSSR count). The monoisotopic (exact) mass is 446 g/mol. The van der Waals surface area contributed by atoms with E-state index in [2.05, 4.69) is 29.4 Å². The SMILES string of the molecule is CC(C)c1ccc(NC(=O)CSc2nnc(-c3ccccc3F)n2-c2ccccc2)cc1. The highest BCUT2D eigenvalue weighted by atomic mass is 32.2. The van der Waals surface area contributed by atoms with E-state index in [0.29, 0.717) is 22.5 Å². The highest BCUT2D eigenvalue weighted by Gasteiger charge is 2.19. The number of rotatable bonds is 7. The van der Waals surface area contributed by atoms with Crippen LogP contribution in [0.1, 0.15) is 25.3 Å². The predicted molar refractivity (Wildman–Crippen MR) is 127 cm³/mol. The number of nitrogens with one attached hydrogen (secondary N) is 1. The van der Waals surface area contributed by atoms with Crippen molar-refractivity contribution in [3.05, 3.63) is 90.2 Å². The summed E-state index contributed by atoms with van der Waals surface area (Å²) in [6, 6.07) is 23.8. The topological polar surface area (TPSA) is 59.8 Å². The highest BCUT2D eigenvalue weighted by molar-refractivity contribution is 7.99. The number of aromatic nitrogens is 3. The number of hydrogen-bond donors (Lipinski definition) is 1. The Morgan fingerprint density at radius 3 is 2.34 bits per heavy atom. The lowest BCUT2D eigenvalue weighted by atomic mass is 10.0. The number of anilines is 1. The maximum absolute atomic E-state index is 14.5. The van der Waals surface area contributed by atoms with Gasteiger partial charge in [0.05, 0.1) is 11.3 Å². The van der Waals surface area contributed by atoms with Gasteiger partial charge in [-0.15, -0.1) is 10.2 Å². The first kappa shape index (κ1) is 21.8. The molecule has 0 atom stereocenters. The summed E-state index contributed by atoms with van der Waals surface area (Å²) in [7, 11) is 0. The fourth-order valence-electron chi connectivity index (χ4n) is 3.27. The fraction of sp³-hybridized carbons (Fsp3) is 0.160. The van der Waals surface area contributed by atoms with E-state index in [0.717, 1.165) is 11.4 Å². The van der Waals surface area contributed by atoms with Gasteiger partial charge in [0.2, 0.25) is 5.91 Å². The van der Waals surface area contributed by atoms with Crippen LogP contribution >= 0.6 is 11.8 Å². The molecule has 1 heterocycles. The van der Waals surface area contributed by atoms with Gasteiger partial charge in [0.1, 0.15) is 5.82 Å². The van der Waals surface area contributed by atoms with Crippen LogP contribution in [0.3, 0.4) is 0 Å². The van der Waals surface area contributed by atoms with E-state index in [-0.39, 0.29) is 17.5 Å².